The summed E-state index contributed by atoms with van der Waals surface area (Å²) in [4.78, 5) is 25.2. The molecule has 5 nitrogen and oxygen atoms in total. The van der Waals surface area contributed by atoms with E-state index in [1.54, 1.807) is 12.3 Å². The summed E-state index contributed by atoms with van der Waals surface area (Å²) < 4.78 is 39.1. The number of nitrogens with zero attached hydrogens (tertiary/aromatic N) is 4. The van der Waals surface area contributed by atoms with Gasteiger partial charge in [-0.15, -0.1) is 0 Å². The number of hydrogen-bond donors (Lipinski definition) is 0. The lowest BCUT2D eigenvalue weighted by atomic mass is 9.94. The fourth-order valence-electron chi connectivity index (χ4n) is 3.88. The zero-order valence-corrected chi connectivity index (χ0v) is 17.3. The number of piperidine rings is 1. The third kappa shape index (κ3) is 5.36. The van der Waals surface area contributed by atoms with Crippen LogP contribution in [0.1, 0.15) is 43.9 Å². The van der Waals surface area contributed by atoms with Crippen LogP contribution in [-0.4, -0.2) is 58.4 Å². The van der Waals surface area contributed by atoms with Gasteiger partial charge in [0.15, 0.2) is 0 Å². The van der Waals surface area contributed by atoms with Gasteiger partial charge in [0.1, 0.15) is 0 Å². The molecule has 2 aromatic rings. The molecule has 0 bridgehead atoms. The highest BCUT2D eigenvalue weighted by Crippen LogP contribution is 2.32. The van der Waals surface area contributed by atoms with Crippen molar-refractivity contribution in [2.75, 3.05) is 32.7 Å². The van der Waals surface area contributed by atoms with Gasteiger partial charge in [-0.05, 0) is 45.4 Å². The standard InChI is InChI=1S/C22H27F3N4O/c1-3-29(4-2)21(30)15-28-10-6-8-17(14-28)20-13-26-12-19(27-20)16-7-5-9-18(11-16)22(23,24)25/h5,7,9,11-13,17H,3-4,6,8,10,14-15H2,1-2H3/t17-/m1/s1. The Morgan fingerprint density at radius 3 is 2.70 bits per heavy atom. The maximum atomic E-state index is 13.0. The van der Waals surface area contributed by atoms with Crippen LogP contribution in [-0.2, 0) is 11.0 Å². The van der Waals surface area contributed by atoms with Gasteiger partial charge in [0, 0.05) is 37.3 Å². The Morgan fingerprint density at radius 1 is 1.23 bits per heavy atom. The van der Waals surface area contributed by atoms with Crippen molar-refractivity contribution in [1.82, 2.24) is 19.8 Å². The molecule has 0 N–H and O–H groups in total. The predicted octanol–water partition coefficient (Wildman–Crippen LogP) is 4.21. The summed E-state index contributed by atoms with van der Waals surface area (Å²) in [6, 6.07) is 5.14. The number of amides is 1. The molecule has 1 atom stereocenters. The second-order valence-electron chi connectivity index (χ2n) is 7.55. The number of likely N-dealkylation sites (N-methyl/N-ethyl adjacent to an activating group) is 1. The molecule has 8 heteroatoms. The van der Waals surface area contributed by atoms with E-state index in [1.165, 1.54) is 12.3 Å². The van der Waals surface area contributed by atoms with Crippen molar-refractivity contribution < 1.29 is 18.0 Å². The molecule has 30 heavy (non-hydrogen) atoms. The van der Waals surface area contributed by atoms with E-state index in [0.717, 1.165) is 37.2 Å². The summed E-state index contributed by atoms with van der Waals surface area (Å²) in [5.41, 5.74) is 0.870. The van der Waals surface area contributed by atoms with Crippen LogP contribution in [0.15, 0.2) is 36.7 Å². The molecular weight excluding hydrogens is 393 g/mol. The molecule has 0 unspecified atom stereocenters. The minimum atomic E-state index is -4.40. The Labute approximate surface area is 174 Å². The molecular formula is C22H27F3N4O. The van der Waals surface area contributed by atoms with Gasteiger partial charge in [-0.1, -0.05) is 12.1 Å². The monoisotopic (exact) mass is 420 g/mol. The molecule has 1 aliphatic heterocycles. The van der Waals surface area contributed by atoms with E-state index in [0.29, 0.717) is 37.4 Å². The largest absolute Gasteiger partial charge is 0.416 e. The highest BCUT2D eigenvalue weighted by molar-refractivity contribution is 5.78. The fourth-order valence-corrected chi connectivity index (χ4v) is 3.88. The van der Waals surface area contributed by atoms with Gasteiger partial charge >= 0.3 is 6.18 Å². The minimum absolute atomic E-state index is 0.0986. The molecule has 1 fully saturated rings. The molecule has 1 aromatic carbocycles. The summed E-state index contributed by atoms with van der Waals surface area (Å²) in [6.07, 6.45) is 0.617. The summed E-state index contributed by atoms with van der Waals surface area (Å²) in [5.74, 6) is 0.214. The predicted molar refractivity (Wildman–Crippen MR) is 109 cm³/mol. The number of hydrogen-bond acceptors (Lipinski definition) is 4. The van der Waals surface area contributed by atoms with Crippen molar-refractivity contribution in [3.8, 4) is 11.3 Å². The summed E-state index contributed by atoms with van der Waals surface area (Å²) in [5, 5.41) is 0. The Balaban J connectivity index is 1.75. The van der Waals surface area contributed by atoms with Crippen LogP contribution in [0.4, 0.5) is 13.2 Å². The lowest BCUT2D eigenvalue weighted by molar-refractivity contribution is -0.137. The van der Waals surface area contributed by atoms with Crippen molar-refractivity contribution in [3.05, 3.63) is 47.9 Å². The Hall–Kier alpha value is -2.48. The molecule has 0 aliphatic carbocycles. The van der Waals surface area contributed by atoms with Gasteiger partial charge in [-0.25, -0.2) is 4.98 Å². The number of carbonyl (C=O) groups excluding carboxylic acids is 1. The topological polar surface area (TPSA) is 49.3 Å². The quantitative estimate of drug-likeness (QED) is 0.703. The number of alkyl halides is 3. The van der Waals surface area contributed by atoms with E-state index in [2.05, 4.69) is 14.9 Å². The van der Waals surface area contributed by atoms with Gasteiger partial charge < -0.3 is 4.90 Å². The summed E-state index contributed by atoms with van der Waals surface area (Å²) in [7, 11) is 0. The van der Waals surface area contributed by atoms with Crippen molar-refractivity contribution in [2.24, 2.45) is 0 Å². The Morgan fingerprint density at radius 2 is 2.00 bits per heavy atom. The molecule has 162 valence electrons. The maximum Gasteiger partial charge on any atom is 0.416 e. The molecule has 0 saturated carbocycles. The second-order valence-corrected chi connectivity index (χ2v) is 7.55. The van der Waals surface area contributed by atoms with Crippen molar-refractivity contribution in [2.45, 2.75) is 38.8 Å². The van der Waals surface area contributed by atoms with E-state index >= 15 is 0 Å². The van der Waals surface area contributed by atoms with E-state index in [9.17, 15) is 18.0 Å². The van der Waals surface area contributed by atoms with Crippen LogP contribution in [0.2, 0.25) is 0 Å². The Bertz CT molecular complexity index is 867. The molecule has 0 radical (unpaired) electrons. The molecule has 3 rings (SSSR count). The van der Waals surface area contributed by atoms with E-state index < -0.39 is 11.7 Å². The van der Waals surface area contributed by atoms with Gasteiger partial charge in [-0.3, -0.25) is 14.7 Å². The maximum absolute atomic E-state index is 13.0. The molecule has 1 saturated heterocycles. The lowest BCUT2D eigenvalue weighted by Crippen LogP contribution is -2.43. The number of likely N-dealkylation sites (tertiary alicyclic amines) is 1. The lowest BCUT2D eigenvalue weighted by Gasteiger charge is -2.33. The van der Waals surface area contributed by atoms with Crippen molar-refractivity contribution in [1.29, 1.82) is 0 Å². The number of aromatic nitrogens is 2. The minimum Gasteiger partial charge on any atom is -0.342 e. The van der Waals surface area contributed by atoms with Crippen LogP contribution in [0.5, 0.6) is 0 Å². The van der Waals surface area contributed by atoms with E-state index in [-0.39, 0.29) is 11.8 Å². The first-order valence-corrected chi connectivity index (χ1v) is 10.3. The molecule has 1 aromatic heterocycles. The normalized spacial score (nSPS) is 17.7. The molecule has 2 heterocycles. The summed E-state index contributed by atoms with van der Waals surface area (Å²) >= 11 is 0. The third-order valence-electron chi connectivity index (χ3n) is 5.54. The van der Waals surface area contributed by atoms with Crippen LogP contribution >= 0.6 is 0 Å². The van der Waals surface area contributed by atoms with Crippen molar-refractivity contribution in [3.63, 3.8) is 0 Å². The van der Waals surface area contributed by atoms with E-state index in [1.807, 2.05) is 18.7 Å². The highest BCUT2D eigenvalue weighted by atomic mass is 19.4. The highest BCUT2D eigenvalue weighted by Gasteiger charge is 2.31. The number of carbonyl (C=O) groups is 1. The fraction of sp³-hybridized carbons (Fsp3) is 0.500. The van der Waals surface area contributed by atoms with Crippen LogP contribution < -0.4 is 0 Å². The third-order valence-corrected chi connectivity index (χ3v) is 5.54. The Kier molecular flexibility index (Phi) is 7.07. The zero-order valence-electron chi connectivity index (χ0n) is 17.3. The molecule has 1 amide bonds. The van der Waals surface area contributed by atoms with Crippen molar-refractivity contribution >= 4 is 5.91 Å². The average Bonchev–Trinajstić information content (AvgIpc) is 2.74. The van der Waals surface area contributed by atoms with Gasteiger partial charge in [0.2, 0.25) is 5.91 Å². The first kappa shape index (κ1) is 22.2. The number of rotatable bonds is 6. The second kappa shape index (κ2) is 9.55. The summed E-state index contributed by atoms with van der Waals surface area (Å²) in [6.45, 7) is 7.23. The SMILES string of the molecule is CCN(CC)C(=O)CN1CCC[C@@H](c2cncc(-c3cccc(C(F)(F)F)c3)n2)C1. The van der Waals surface area contributed by atoms with Gasteiger partial charge in [-0.2, -0.15) is 13.2 Å². The zero-order chi connectivity index (χ0) is 21.7. The average molecular weight is 420 g/mol. The van der Waals surface area contributed by atoms with Crippen LogP contribution in [0, 0.1) is 0 Å². The molecule has 1 aliphatic rings. The smallest absolute Gasteiger partial charge is 0.342 e. The first-order chi connectivity index (χ1) is 14.3. The van der Waals surface area contributed by atoms with Crippen LogP contribution in [0.25, 0.3) is 11.3 Å². The first-order valence-electron chi connectivity index (χ1n) is 10.3. The van der Waals surface area contributed by atoms with E-state index in [4.69, 9.17) is 0 Å². The molecule has 0 spiro atoms. The number of benzene rings is 1. The van der Waals surface area contributed by atoms with Gasteiger partial charge in [0.05, 0.1) is 29.7 Å². The van der Waals surface area contributed by atoms with Crippen LogP contribution in [0.3, 0.4) is 0 Å². The van der Waals surface area contributed by atoms with Gasteiger partial charge in [0.25, 0.3) is 0 Å². The number of halogens is 3.